The Bertz CT molecular complexity index is 758. The summed E-state index contributed by atoms with van der Waals surface area (Å²) >= 11 is 0. The number of hydrogen-bond acceptors (Lipinski definition) is 6. The van der Waals surface area contributed by atoms with Gasteiger partial charge < -0.3 is 24.8 Å². The number of hydrogen-bond donors (Lipinski definition) is 3. The molecular formula is C18H25N5O4. The van der Waals surface area contributed by atoms with Crippen LogP contribution < -0.4 is 10.6 Å². The van der Waals surface area contributed by atoms with E-state index in [9.17, 15) is 9.59 Å². The van der Waals surface area contributed by atoms with E-state index in [2.05, 4.69) is 20.6 Å². The topological polar surface area (TPSA) is 112 Å². The number of likely N-dealkylation sites (N-methyl/N-ethyl adjacent to an activating group) is 1. The number of rotatable bonds is 8. The first-order valence-corrected chi connectivity index (χ1v) is 8.99. The van der Waals surface area contributed by atoms with E-state index >= 15 is 0 Å². The maximum absolute atomic E-state index is 12.5. The average molecular weight is 375 g/mol. The number of imidazole rings is 1. The Labute approximate surface area is 157 Å². The molecule has 2 aromatic heterocycles. The molecule has 27 heavy (non-hydrogen) atoms. The van der Waals surface area contributed by atoms with Gasteiger partial charge in [-0.3, -0.25) is 14.5 Å². The summed E-state index contributed by atoms with van der Waals surface area (Å²) < 4.78 is 10.5. The third-order valence-electron chi connectivity index (χ3n) is 4.47. The van der Waals surface area contributed by atoms with E-state index in [-0.39, 0.29) is 29.7 Å². The van der Waals surface area contributed by atoms with Crippen molar-refractivity contribution in [3.05, 3.63) is 41.9 Å². The molecule has 0 unspecified atom stereocenters. The van der Waals surface area contributed by atoms with E-state index < -0.39 is 0 Å². The summed E-state index contributed by atoms with van der Waals surface area (Å²) in [6.45, 7) is 3.83. The number of nitrogens with zero attached hydrogens (tertiary/aromatic N) is 2. The molecule has 9 nitrogen and oxygen atoms in total. The highest BCUT2D eigenvalue weighted by Crippen LogP contribution is 2.21. The minimum absolute atomic E-state index is 0.0406. The molecule has 2 aromatic rings. The molecule has 2 atom stereocenters. The van der Waals surface area contributed by atoms with E-state index in [4.69, 9.17) is 9.15 Å². The lowest BCUT2D eigenvalue weighted by Gasteiger charge is -2.22. The Morgan fingerprint density at radius 3 is 3.00 bits per heavy atom. The Morgan fingerprint density at radius 2 is 2.30 bits per heavy atom. The van der Waals surface area contributed by atoms with Gasteiger partial charge >= 0.3 is 0 Å². The minimum Gasteiger partial charge on any atom is -0.453 e. The lowest BCUT2D eigenvalue weighted by molar-refractivity contribution is -0.125. The fraction of sp³-hybridized carbons (Fsp3) is 0.500. The van der Waals surface area contributed by atoms with Gasteiger partial charge in [0.1, 0.15) is 18.2 Å². The van der Waals surface area contributed by atoms with Crippen molar-refractivity contribution < 1.29 is 18.7 Å². The molecule has 1 aliphatic rings. The number of ether oxygens (including phenoxy) is 1. The van der Waals surface area contributed by atoms with Crippen LogP contribution in [-0.4, -0.2) is 59.0 Å². The summed E-state index contributed by atoms with van der Waals surface area (Å²) in [5.74, 6) is 1.28. The van der Waals surface area contributed by atoms with Crippen molar-refractivity contribution in [3.63, 3.8) is 0 Å². The fourth-order valence-corrected chi connectivity index (χ4v) is 3.30. The number of methoxy groups -OCH3 is 1. The van der Waals surface area contributed by atoms with Gasteiger partial charge in [0.05, 0.1) is 12.6 Å². The summed E-state index contributed by atoms with van der Waals surface area (Å²) in [5.41, 5.74) is 0. The Balaban J connectivity index is 1.64. The van der Waals surface area contributed by atoms with Crippen LogP contribution in [0.25, 0.3) is 0 Å². The molecule has 0 bridgehead atoms. The molecule has 2 amide bonds. The lowest BCUT2D eigenvalue weighted by Crippen LogP contribution is -2.42. The predicted molar refractivity (Wildman–Crippen MR) is 96.8 cm³/mol. The maximum atomic E-state index is 12.5. The van der Waals surface area contributed by atoms with Crippen molar-refractivity contribution in [2.45, 2.75) is 38.6 Å². The lowest BCUT2D eigenvalue weighted by atomic mass is 10.1. The quantitative estimate of drug-likeness (QED) is 0.625. The summed E-state index contributed by atoms with van der Waals surface area (Å²) in [5, 5.41) is 5.83. The number of likely N-dealkylation sites (tertiary alicyclic amines) is 1. The molecule has 146 valence electrons. The van der Waals surface area contributed by atoms with Gasteiger partial charge in [0.2, 0.25) is 5.91 Å². The van der Waals surface area contributed by atoms with Crippen LogP contribution in [0.1, 0.15) is 35.5 Å². The number of H-pyrrole nitrogens is 1. The average Bonchev–Trinajstić information content (AvgIpc) is 3.37. The molecular weight excluding hydrogens is 350 g/mol. The largest absolute Gasteiger partial charge is 0.453 e. The Kier molecular flexibility index (Phi) is 6.25. The van der Waals surface area contributed by atoms with Gasteiger partial charge in [-0.05, 0) is 25.5 Å². The van der Waals surface area contributed by atoms with E-state index in [1.165, 1.54) is 0 Å². The minimum atomic E-state index is -0.319. The predicted octanol–water partition coefficient (Wildman–Crippen LogP) is 0.658. The molecule has 0 radical (unpaired) electrons. The first kappa shape index (κ1) is 19.1. The first-order chi connectivity index (χ1) is 13.1. The zero-order chi connectivity index (χ0) is 19.2. The molecule has 0 saturated carbocycles. The number of aromatic nitrogens is 2. The molecule has 1 aliphatic heterocycles. The van der Waals surface area contributed by atoms with Crippen LogP contribution in [0, 0.1) is 0 Å². The molecule has 0 aliphatic carbocycles. The monoisotopic (exact) mass is 375 g/mol. The van der Waals surface area contributed by atoms with Gasteiger partial charge in [0.25, 0.3) is 5.91 Å². The van der Waals surface area contributed by atoms with E-state index in [1.54, 1.807) is 31.6 Å². The smallest absolute Gasteiger partial charge is 0.287 e. The summed E-state index contributed by atoms with van der Waals surface area (Å²) in [7, 11) is 1.57. The number of furan rings is 1. The van der Waals surface area contributed by atoms with Gasteiger partial charge in [0, 0.05) is 38.6 Å². The molecule has 1 saturated heterocycles. The van der Waals surface area contributed by atoms with Crippen LogP contribution in [0.4, 0.5) is 0 Å². The zero-order valence-electron chi connectivity index (χ0n) is 15.5. The molecule has 1 fully saturated rings. The maximum Gasteiger partial charge on any atom is 0.287 e. The van der Waals surface area contributed by atoms with Crippen LogP contribution in [0.3, 0.4) is 0 Å². The highest BCUT2D eigenvalue weighted by molar-refractivity contribution is 5.92. The van der Waals surface area contributed by atoms with E-state index in [0.29, 0.717) is 38.4 Å². The van der Waals surface area contributed by atoms with Gasteiger partial charge in [-0.2, -0.15) is 0 Å². The molecule has 3 heterocycles. The Hall–Kier alpha value is -2.65. The van der Waals surface area contributed by atoms with Gasteiger partial charge in [0.15, 0.2) is 5.76 Å². The van der Waals surface area contributed by atoms with Crippen molar-refractivity contribution in [2.24, 2.45) is 0 Å². The molecule has 3 N–H and O–H groups in total. The number of carbonyl (C=O) groups excluding carboxylic acids is 2. The highest BCUT2D eigenvalue weighted by Gasteiger charge is 2.37. The van der Waals surface area contributed by atoms with Gasteiger partial charge in [-0.25, -0.2) is 4.98 Å². The van der Waals surface area contributed by atoms with Crippen molar-refractivity contribution in [3.8, 4) is 0 Å². The van der Waals surface area contributed by atoms with Gasteiger partial charge in [-0.15, -0.1) is 0 Å². The van der Waals surface area contributed by atoms with Crippen LogP contribution in [0.5, 0.6) is 0 Å². The van der Waals surface area contributed by atoms with E-state index in [0.717, 1.165) is 5.82 Å². The van der Waals surface area contributed by atoms with Crippen LogP contribution in [-0.2, 0) is 22.7 Å². The molecule has 0 aromatic carbocycles. The number of amides is 2. The second kappa shape index (κ2) is 8.83. The van der Waals surface area contributed by atoms with Crippen molar-refractivity contribution in [2.75, 3.05) is 20.2 Å². The first-order valence-electron chi connectivity index (χ1n) is 8.99. The standard InChI is InChI=1S/C18H25N5O4/c1-3-19-17(24)14-8-12(9-23(14)10-16-20-6-7-21-16)22-18(25)15-5-4-13(27-15)11-26-2/h4-7,12,14H,3,8-11H2,1-2H3,(H,19,24)(H,20,21)(H,22,25)/t12-,14-/m0/s1. The van der Waals surface area contributed by atoms with Crippen molar-refractivity contribution in [1.29, 1.82) is 0 Å². The zero-order valence-corrected chi connectivity index (χ0v) is 15.5. The van der Waals surface area contributed by atoms with Crippen molar-refractivity contribution in [1.82, 2.24) is 25.5 Å². The molecule has 9 heteroatoms. The fourth-order valence-electron chi connectivity index (χ4n) is 3.30. The molecule has 0 spiro atoms. The second-order valence-corrected chi connectivity index (χ2v) is 6.48. The highest BCUT2D eigenvalue weighted by atomic mass is 16.5. The van der Waals surface area contributed by atoms with E-state index in [1.807, 2.05) is 11.8 Å². The number of nitrogens with one attached hydrogen (secondary N) is 3. The summed E-state index contributed by atoms with van der Waals surface area (Å²) in [4.78, 5) is 34.2. The van der Waals surface area contributed by atoms with Crippen molar-refractivity contribution >= 4 is 11.8 Å². The third-order valence-corrected chi connectivity index (χ3v) is 4.47. The van der Waals surface area contributed by atoms with Crippen LogP contribution in [0.15, 0.2) is 28.9 Å². The van der Waals surface area contributed by atoms with Gasteiger partial charge in [-0.1, -0.05) is 0 Å². The van der Waals surface area contributed by atoms with Crippen LogP contribution >= 0.6 is 0 Å². The third kappa shape index (κ3) is 4.75. The summed E-state index contributed by atoms with van der Waals surface area (Å²) in [6, 6.07) is 2.87. The summed E-state index contributed by atoms with van der Waals surface area (Å²) in [6.07, 6.45) is 3.96. The molecule has 3 rings (SSSR count). The Morgan fingerprint density at radius 1 is 1.44 bits per heavy atom. The number of aromatic amines is 1. The second-order valence-electron chi connectivity index (χ2n) is 6.48. The number of carbonyl (C=O) groups is 2. The SMILES string of the molecule is CCNC(=O)[C@@H]1C[C@H](NC(=O)c2ccc(COC)o2)CN1Cc1ncc[nH]1. The normalized spacial score (nSPS) is 19.9. The van der Waals surface area contributed by atoms with Crippen LogP contribution in [0.2, 0.25) is 0 Å².